The van der Waals surface area contributed by atoms with Crippen LogP contribution in [0.25, 0.3) is 16.7 Å². The first kappa shape index (κ1) is 19.1. The minimum absolute atomic E-state index is 0.403. The highest BCUT2D eigenvalue weighted by molar-refractivity contribution is 8.00. The summed E-state index contributed by atoms with van der Waals surface area (Å²) in [6.45, 7) is 4.63. The summed E-state index contributed by atoms with van der Waals surface area (Å²) in [5.41, 5.74) is 3.40. The summed E-state index contributed by atoms with van der Waals surface area (Å²) in [6.07, 6.45) is 10.2. The lowest BCUT2D eigenvalue weighted by molar-refractivity contribution is 0.263. The first-order chi connectivity index (χ1) is 14.7. The summed E-state index contributed by atoms with van der Waals surface area (Å²) in [6, 6.07) is 10.8. The average Bonchev–Trinajstić information content (AvgIpc) is 3.54. The molecule has 4 heterocycles. The Balaban J connectivity index is 1.32. The number of benzene rings is 1. The molecule has 0 radical (unpaired) electrons. The van der Waals surface area contributed by atoms with Gasteiger partial charge in [-0.25, -0.2) is 9.67 Å². The summed E-state index contributed by atoms with van der Waals surface area (Å²) in [5, 5.41) is 9.99. The molecule has 0 spiro atoms. The normalized spacial score (nSPS) is 15.7. The van der Waals surface area contributed by atoms with E-state index in [-0.39, 0.29) is 0 Å². The van der Waals surface area contributed by atoms with Crippen LogP contribution in [0.15, 0.2) is 60.0 Å². The molecule has 3 aromatic heterocycles. The van der Waals surface area contributed by atoms with Crippen LogP contribution >= 0.6 is 11.9 Å². The molecule has 1 aliphatic heterocycles. The van der Waals surface area contributed by atoms with Crippen LogP contribution in [0.4, 0.5) is 5.69 Å². The zero-order valence-corrected chi connectivity index (χ0v) is 18.0. The molecule has 0 aliphatic carbocycles. The number of anilines is 1. The molecule has 5 rings (SSSR count). The lowest BCUT2D eigenvalue weighted by atomic mass is 10.1. The number of aromatic nitrogens is 5. The topological polar surface area (TPSA) is 63.8 Å². The smallest absolute Gasteiger partial charge is 0.153 e. The fourth-order valence-electron chi connectivity index (χ4n) is 4.07. The summed E-state index contributed by atoms with van der Waals surface area (Å²) in [5.74, 6) is 0.846. The van der Waals surface area contributed by atoms with Crippen molar-refractivity contribution in [2.24, 2.45) is 7.05 Å². The van der Waals surface area contributed by atoms with Gasteiger partial charge in [0.15, 0.2) is 5.82 Å². The predicted octanol–water partition coefficient (Wildman–Crippen LogP) is 4.43. The number of hydrogen-bond acceptors (Lipinski definition) is 6. The van der Waals surface area contributed by atoms with Crippen LogP contribution in [-0.2, 0) is 7.05 Å². The third kappa shape index (κ3) is 3.68. The molecule has 1 N–H and O–H groups in total. The van der Waals surface area contributed by atoms with Gasteiger partial charge in [0.1, 0.15) is 0 Å². The number of nitrogens with zero attached hydrogens (tertiary/aromatic N) is 6. The molecule has 30 heavy (non-hydrogen) atoms. The van der Waals surface area contributed by atoms with Gasteiger partial charge in [0.2, 0.25) is 0 Å². The summed E-state index contributed by atoms with van der Waals surface area (Å²) in [7, 11) is 1.96. The van der Waals surface area contributed by atoms with Crippen LogP contribution in [0.1, 0.15) is 31.4 Å². The van der Waals surface area contributed by atoms with Crippen molar-refractivity contribution in [1.82, 2.24) is 29.4 Å². The highest BCUT2D eigenvalue weighted by Crippen LogP contribution is 2.28. The predicted molar refractivity (Wildman–Crippen MR) is 121 cm³/mol. The first-order valence-corrected chi connectivity index (χ1v) is 11.1. The third-order valence-electron chi connectivity index (χ3n) is 5.77. The standard InChI is InChI=1S/C22H25N7S/c1-16(28-10-3-4-11-28)17-8-9-23-21(12-17)29-15-19(14-25-29)30-26-20-7-5-6-18-13-24-27(2)22(18)20/h5-9,12-16,26H,3-4,10-11H2,1-2H3. The number of aryl methyl sites for hydroxylation is 1. The van der Waals surface area contributed by atoms with Crippen molar-refractivity contribution < 1.29 is 0 Å². The van der Waals surface area contributed by atoms with E-state index in [1.54, 1.807) is 0 Å². The number of likely N-dealkylation sites (tertiary alicyclic amines) is 1. The molecule has 1 atom stereocenters. The van der Waals surface area contributed by atoms with Crippen LogP contribution in [0, 0.1) is 0 Å². The van der Waals surface area contributed by atoms with E-state index in [1.165, 1.54) is 43.4 Å². The van der Waals surface area contributed by atoms with Gasteiger partial charge >= 0.3 is 0 Å². The molecule has 1 unspecified atom stereocenters. The second-order valence-electron chi connectivity index (χ2n) is 7.70. The van der Waals surface area contributed by atoms with Crippen LogP contribution in [0.5, 0.6) is 0 Å². The number of rotatable bonds is 6. The maximum atomic E-state index is 4.54. The van der Waals surface area contributed by atoms with Gasteiger partial charge in [0, 0.05) is 30.9 Å². The Labute approximate surface area is 180 Å². The van der Waals surface area contributed by atoms with Gasteiger partial charge in [0.25, 0.3) is 0 Å². The number of para-hydroxylation sites is 1. The molecule has 154 valence electrons. The van der Waals surface area contributed by atoms with Crippen LogP contribution in [0.3, 0.4) is 0 Å². The second kappa shape index (κ2) is 8.12. The van der Waals surface area contributed by atoms with Gasteiger partial charge in [-0.05, 0) is 68.6 Å². The first-order valence-electron chi connectivity index (χ1n) is 10.3. The molecule has 1 fully saturated rings. The Morgan fingerprint density at radius 3 is 2.83 bits per heavy atom. The van der Waals surface area contributed by atoms with Crippen molar-refractivity contribution in [2.75, 3.05) is 17.8 Å². The number of nitrogens with one attached hydrogen (secondary N) is 1. The second-order valence-corrected chi connectivity index (χ2v) is 8.58. The molecule has 0 bridgehead atoms. The highest BCUT2D eigenvalue weighted by Gasteiger charge is 2.20. The van der Waals surface area contributed by atoms with E-state index in [1.807, 2.05) is 47.3 Å². The maximum Gasteiger partial charge on any atom is 0.153 e. The third-order valence-corrected chi connectivity index (χ3v) is 6.54. The van der Waals surface area contributed by atoms with Gasteiger partial charge in [-0.2, -0.15) is 10.2 Å². The molecule has 7 nitrogen and oxygen atoms in total. The van der Waals surface area contributed by atoms with Gasteiger partial charge in [0.05, 0.1) is 28.5 Å². The maximum absolute atomic E-state index is 4.54. The molecule has 1 aromatic carbocycles. The Morgan fingerprint density at radius 1 is 1.10 bits per heavy atom. The van der Waals surface area contributed by atoms with E-state index in [0.717, 1.165) is 27.3 Å². The summed E-state index contributed by atoms with van der Waals surface area (Å²) >= 11 is 1.54. The van der Waals surface area contributed by atoms with Crippen LogP contribution in [0.2, 0.25) is 0 Å². The van der Waals surface area contributed by atoms with E-state index in [0.29, 0.717) is 6.04 Å². The summed E-state index contributed by atoms with van der Waals surface area (Å²) < 4.78 is 7.17. The van der Waals surface area contributed by atoms with Gasteiger partial charge in [-0.15, -0.1) is 0 Å². The molecule has 1 aliphatic rings. The monoisotopic (exact) mass is 419 g/mol. The Morgan fingerprint density at radius 2 is 1.97 bits per heavy atom. The van der Waals surface area contributed by atoms with Gasteiger partial charge in [-0.1, -0.05) is 12.1 Å². The van der Waals surface area contributed by atoms with Crippen LogP contribution in [-0.4, -0.2) is 42.5 Å². The van der Waals surface area contributed by atoms with E-state index < -0.39 is 0 Å². The van der Waals surface area contributed by atoms with E-state index >= 15 is 0 Å². The van der Waals surface area contributed by atoms with Crippen molar-refractivity contribution in [1.29, 1.82) is 0 Å². The van der Waals surface area contributed by atoms with E-state index in [2.05, 4.69) is 56.0 Å². The van der Waals surface area contributed by atoms with Crippen LogP contribution < -0.4 is 4.72 Å². The Bertz CT molecular complexity index is 1160. The molecule has 4 aromatic rings. The fraction of sp³-hybridized carbons (Fsp3) is 0.318. The number of pyridine rings is 1. The van der Waals surface area contributed by atoms with Gasteiger partial charge in [-0.3, -0.25) is 9.58 Å². The zero-order valence-electron chi connectivity index (χ0n) is 17.2. The molecular formula is C22H25N7S. The SMILES string of the molecule is CC(c1ccnc(-n2cc(SNc3cccc4cnn(C)c34)cn2)c1)N1CCCC1. The largest absolute Gasteiger partial charge is 0.324 e. The average molecular weight is 420 g/mol. The highest BCUT2D eigenvalue weighted by atomic mass is 32.2. The minimum Gasteiger partial charge on any atom is -0.324 e. The molecule has 8 heteroatoms. The van der Waals surface area contributed by atoms with Crippen molar-refractivity contribution in [3.05, 3.63) is 60.7 Å². The molecule has 0 saturated carbocycles. The minimum atomic E-state index is 0.403. The lowest BCUT2D eigenvalue weighted by Crippen LogP contribution is -2.23. The number of hydrogen-bond donors (Lipinski definition) is 1. The van der Waals surface area contributed by atoms with Crippen molar-refractivity contribution in [3.8, 4) is 5.82 Å². The van der Waals surface area contributed by atoms with Crippen molar-refractivity contribution in [2.45, 2.75) is 30.7 Å². The van der Waals surface area contributed by atoms with E-state index in [9.17, 15) is 0 Å². The van der Waals surface area contributed by atoms with Crippen molar-refractivity contribution >= 4 is 28.5 Å². The molecular weight excluding hydrogens is 394 g/mol. The molecule has 0 amide bonds. The molecule has 1 saturated heterocycles. The quantitative estimate of drug-likeness (QED) is 0.467. The Hall–Kier alpha value is -2.84. The zero-order chi connectivity index (χ0) is 20.5. The van der Waals surface area contributed by atoms with E-state index in [4.69, 9.17) is 0 Å². The van der Waals surface area contributed by atoms with Crippen molar-refractivity contribution in [3.63, 3.8) is 0 Å². The Kier molecular flexibility index (Phi) is 5.18. The van der Waals surface area contributed by atoms with Gasteiger partial charge < -0.3 is 4.72 Å². The summed E-state index contributed by atoms with van der Waals surface area (Å²) in [4.78, 5) is 8.09. The fourth-order valence-corrected chi connectivity index (χ4v) is 4.72. The lowest BCUT2D eigenvalue weighted by Gasteiger charge is -2.24. The number of fused-ring (bicyclic) bond motifs is 1.